The second-order valence-electron chi connectivity index (χ2n) is 3.82. The van der Waals surface area contributed by atoms with Crippen LogP contribution in [0.1, 0.15) is 16.8 Å². The smallest absolute Gasteiger partial charge is 0.336 e. The minimum atomic E-state index is -0.969. The summed E-state index contributed by atoms with van der Waals surface area (Å²) in [7, 11) is 1.54. The third kappa shape index (κ3) is 4.64. The summed E-state index contributed by atoms with van der Waals surface area (Å²) in [6.45, 7) is 0.896. The molecule has 0 radical (unpaired) electrons. The molecule has 0 spiro atoms. The van der Waals surface area contributed by atoms with Crippen molar-refractivity contribution in [2.45, 2.75) is 12.5 Å². The number of hydrogen-bond acceptors (Lipinski definition) is 4. The predicted molar refractivity (Wildman–Crippen MR) is 72.1 cm³/mol. The molecular formula is C12H16BrNO4. The van der Waals surface area contributed by atoms with E-state index < -0.39 is 12.1 Å². The molecule has 5 nitrogen and oxygen atoms in total. The van der Waals surface area contributed by atoms with Crippen molar-refractivity contribution in [3.05, 3.63) is 28.2 Å². The molecule has 3 N–H and O–H groups in total. The lowest BCUT2D eigenvalue weighted by molar-refractivity contribution is 0.0615. The zero-order valence-electron chi connectivity index (χ0n) is 10.0. The van der Waals surface area contributed by atoms with Gasteiger partial charge in [-0.3, -0.25) is 0 Å². The summed E-state index contributed by atoms with van der Waals surface area (Å²) in [5.41, 5.74) is 1.02. The Labute approximate surface area is 114 Å². The first kappa shape index (κ1) is 14.9. The molecule has 0 aromatic heterocycles. The Balaban J connectivity index is 2.49. The molecule has 1 aromatic carbocycles. The number of carbonyl (C=O) groups is 1. The number of halogens is 1. The summed E-state index contributed by atoms with van der Waals surface area (Å²) in [5.74, 6) is -0.969. The molecule has 1 atom stereocenters. The highest BCUT2D eigenvalue weighted by Crippen LogP contribution is 2.21. The highest BCUT2D eigenvalue weighted by molar-refractivity contribution is 9.10. The average Bonchev–Trinajstić information content (AvgIpc) is 2.29. The first-order valence-corrected chi connectivity index (χ1v) is 6.27. The molecule has 100 valence electrons. The molecule has 0 heterocycles. The van der Waals surface area contributed by atoms with Crippen LogP contribution in [0, 0.1) is 0 Å². The third-order valence-electron chi connectivity index (χ3n) is 2.37. The fraction of sp³-hybridized carbons (Fsp3) is 0.417. The lowest BCUT2D eigenvalue weighted by atomic mass is 10.2. The van der Waals surface area contributed by atoms with Gasteiger partial charge >= 0.3 is 5.97 Å². The van der Waals surface area contributed by atoms with Crippen LogP contribution in [0.5, 0.6) is 0 Å². The Hall–Kier alpha value is -1.11. The third-order valence-corrected chi connectivity index (χ3v) is 3.02. The van der Waals surface area contributed by atoms with Gasteiger partial charge in [0.25, 0.3) is 0 Å². The molecule has 6 heteroatoms. The first-order valence-electron chi connectivity index (χ1n) is 5.48. The number of aliphatic hydroxyl groups is 1. The summed E-state index contributed by atoms with van der Waals surface area (Å²) in [5, 5.41) is 21.4. The highest BCUT2D eigenvalue weighted by Gasteiger charge is 2.08. The van der Waals surface area contributed by atoms with Crippen LogP contribution in [0.25, 0.3) is 0 Å². The Morgan fingerprint density at radius 2 is 2.28 bits per heavy atom. The minimum absolute atomic E-state index is 0.222. The summed E-state index contributed by atoms with van der Waals surface area (Å²) in [4.78, 5) is 10.8. The number of benzene rings is 1. The Morgan fingerprint density at radius 3 is 2.83 bits per heavy atom. The highest BCUT2D eigenvalue weighted by atomic mass is 79.9. The van der Waals surface area contributed by atoms with E-state index in [1.54, 1.807) is 19.2 Å². The molecule has 0 aliphatic heterocycles. The van der Waals surface area contributed by atoms with Gasteiger partial charge in [-0.05, 0) is 40.5 Å². The lowest BCUT2D eigenvalue weighted by Crippen LogP contribution is -2.18. The van der Waals surface area contributed by atoms with Gasteiger partial charge in [0.15, 0.2) is 0 Å². The maximum Gasteiger partial charge on any atom is 0.336 e. The average molecular weight is 318 g/mol. The van der Waals surface area contributed by atoms with Gasteiger partial charge in [0.05, 0.1) is 18.3 Å². The van der Waals surface area contributed by atoms with Crippen molar-refractivity contribution in [3.63, 3.8) is 0 Å². The molecule has 1 unspecified atom stereocenters. The molecule has 1 aromatic rings. The number of hydrogen-bond donors (Lipinski definition) is 3. The van der Waals surface area contributed by atoms with Crippen molar-refractivity contribution in [1.29, 1.82) is 0 Å². The first-order chi connectivity index (χ1) is 8.54. The standard InChI is InChI=1S/C12H16BrNO4/c1-18-7-9(15)4-5-14-8-2-3-10(12(16)17)11(13)6-8/h2-3,6,9,14-15H,4-5,7H2,1H3,(H,16,17). The number of nitrogens with one attached hydrogen (secondary N) is 1. The molecule has 0 bridgehead atoms. The van der Waals surface area contributed by atoms with Crippen LogP contribution in [0.2, 0.25) is 0 Å². The largest absolute Gasteiger partial charge is 0.478 e. The van der Waals surface area contributed by atoms with Crippen LogP contribution in [0.4, 0.5) is 5.69 Å². The monoisotopic (exact) mass is 317 g/mol. The summed E-state index contributed by atoms with van der Waals surface area (Å²) in [6.07, 6.45) is 0.0656. The van der Waals surface area contributed by atoms with Crippen molar-refractivity contribution >= 4 is 27.6 Å². The van der Waals surface area contributed by atoms with Crippen molar-refractivity contribution in [2.75, 3.05) is 25.6 Å². The zero-order valence-corrected chi connectivity index (χ0v) is 11.6. The van der Waals surface area contributed by atoms with Gasteiger partial charge in [0, 0.05) is 23.8 Å². The van der Waals surface area contributed by atoms with Crippen LogP contribution in [0.3, 0.4) is 0 Å². The van der Waals surface area contributed by atoms with E-state index in [9.17, 15) is 9.90 Å². The van der Waals surface area contributed by atoms with Gasteiger partial charge in [-0.1, -0.05) is 0 Å². The second kappa shape index (κ2) is 7.35. The number of anilines is 1. The lowest BCUT2D eigenvalue weighted by Gasteiger charge is -2.11. The fourth-order valence-corrected chi connectivity index (χ4v) is 2.01. The number of aromatic carboxylic acids is 1. The molecule has 0 amide bonds. The SMILES string of the molecule is COCC(O)CCNc1ccc(C(=O)O)c(Br)c1. The summed E-state index contributed by atoms with van der Waals surface area (Å²) < 4.78 is 5.34. The number of ether oxygens (including phenoxy) is 1. The van der Waals surface area contributed by atoms with E-state index in [2.05, 4.69) is 21.2 Å². The molecule has 0 fully saturated rings. The van der Waals surface area contributed by atoms with E-state index in [0.29, 0.717) is 24.0 Å². The van der Waals surface area contributed by atoms with Crippen LogP contribution in [-0.2, 0) is 4.74 Å². The van der Waals surface area contributed by atoms with Crippen molar-refractivity contribution in [2.24, 2.45) is 0 Å². The fourth-order valence-electron chi connectivity index (χ4n) is 1.46. The van der Waals surface area contributed by atoms with Gasteiger partial charge in [-0.15, -0.1) is 0 Å². The van der Waals surface area contributed by atoms with Gasteiger partial charge in [-0.2, -0.15) is 0 Å². The summed E-state index contributed by atoms with van der Waals surface area (Å²) >= 11 is 3.20. The Kier molecular flexibility index (Phi) is 6.11. The number of methoxy groups -OCH3 is 1. The maximum atomic E-state index is 10.8. The molecule has 0 aliphatic carbocycles. The van der Waals surface area contributed by atoms with Gasteiger partial charge in [0.1, 0.15) is 0 Å². The molecular weight excluding hydrogens is 302 g/mol. The summed E-state index contributed by atoms with van der Waals surface area (Å²) in [6, 6.07) is 4.92. The van der Waals surface area contributed by atoms with Gasteiger partial charge in [0.2, 0.25) is 0 Å². The van der Waals surface area contributed by atoms with Gasteiger partial charge < -0.3 is 20.3 Å². The normalized spacial score (nSPS) is 12.2. The number of carboxylic acids is 1. The molecule has 0 saturated heterocycles. The number of aliphatic hydroxyl groups excluding tert-OH is 1. The quantitative estimate of drug-likeness (QED) is 0.716. The van der Waals surface area contributed by atoms with Crippen LogP contribution in [0.15, 0.2) is 22.7 Å². The van der Waals surface area contributed by atoms with Crippen molar-refractivity contribution in [3.8, 4) is 0 Å². The van der Waals surface area contributed by atoms with E-state index in [0.717, 1.165) is 5.69 Å². The molecule has 0 saturated carbocycles. The molecule has 18 heavy (non-hydrogen) atoms. The van der Waals surface area contributed by atoms with Crippen LogP contribution >= 0.6 is 15.9 Å². The predicted octanol–water partition coefficient (Wildman–Crippen LogP) is 1.96. The van der Waals surface area contributed by atoms with E-state index in [1.807, 2.05) is 0 Å². The zero-order chi connectivity index (χ0) is 13.5. The topological polar surface area (TPSA) is 78.8 Å². The van der Waals surface area contributed by atoms with E-state index in [4.69, 9.17) is 9.84 Å². The number of carboxylic acid groups (broad SMARTS) is 1. The maximum absolute atomic E-state index is 10.8. The molecule has 1 rings (SSSR count). The van der Waals surface area contributed by atoms with Crippen LogP contribution in [-0.4, -0.2) is 42.5 Å². The Bertz CT molecular complexity index is 411. The van der Waals surface area contributed by atoms with E-state index in [-0.39, 0.29) is 5.56 Å². The van der Waals surface area contributed by atoms with E-state index in [1.165, 1.54) is 6.07 Å². The Morgan fingerprint density at radius 1 is 1.56 bits per heavy atom. The number of rotatable bonds is 7. The van der Waals surface area contributed by atoms with Crippen molar-refractivity contribution in [1.82, 2.24) is 0 Å². The minimum Gasteiger partial charge on any atom is -0.478 e. The van der Waals surface area contributed by atoms with E-state index >= 15 is 0 Å². The van der Waals surface area contributed by atoms with Crippen molar-refractivity contribution < 1.29 is 19.7 Å². The van der Waals surface area contributed by atoms with Crippen LogP contribution < -0.4 is 5.32 Å². The van der Waals surface area contributed by atoms with Gasteiger partial charge in [-0.25, -0.2) is 4.79 Å². The molecule has 0 aliphatic rings. The second-order valence-corrected chi connectivity index (χ2v) is 4.68.